The van der Waals surface area contributed by atoms with Crippen LogP contribution in [0.5, 0.6) is 0 Å². The second-order valence-corrected chi connectivity index (χ2v) is 5.09. The fourth-order valence-electron chi connectivity index (χ4n) is 2.50. The largest absolute Gasteiger partial charge is 0.378 e. The summed E-state index contributed by atoms with van der Waals surface area (Å²) >= 11 is 0. The van der Waals surface area contributed by atoms with Crippen molar-refractivity contribution in [1.29, 1.82) is 0 Å². The van der Waals surface area contributed by atoms with Crippen molar-refractivity contribution in [2.45, 2.75) is 57.2 Å². The normalized spacial score (nSPS) is 19.9. The van der Waals surface area contributed by atoms with Crippen molar-refractivity contribution < 1.29 is 4.74 Å². The monoisotopic (exact) mass is 237 g/mol. The lowest BCUT2D eigenvalue weighted by Crippen LogP contribution is -2.41. The van der Waals surface area contributed by atoms with E-state index in [4.69, 9.17) is 10.5 Å². The molecule has 0 saturated heterocycles. The predicted molar refractivity (Wildman–Crippen MR) is 67.7 cm³/mol. The van der Waals surface area contributed by atoms with E-state index in [1.54, 1.807) is 7.11 Å². The van der Waals surface area contributed by atoms with Gasteiger partial charge in [0.05, 0.1) is 11.8 Å². The summed E-state index contributed by atoms with van der Waals surface area (Å²) in [7, 11) is 1.80. The van der Waals surface area contributed by atoms with E-state index in [0.717, 1.165) is 37.8 Å². The molecule has 4 nitrogen and oxygen atoms in total. The summed E-state index contributed by atoms with van der Waals surface area (Å²) in [6.45, 7) is 3.11. The summed E-state index contributed by atoms with van der Waals surface area (Å²) in [5, 5.41) is 4.32. The molecule has 4 heteroatoms. The minimum Gasteiger partial charge on any atom is -0.378 e. The van der Waals surface area contributed by atoms with Gasteiger partial charge in [-0.1, -0.05) is 6.92 Å². The summed E-state index contributed by atoms with van der Waals surface area (Å²) in [5.74, 6) is 0. The SMILES string of the molecule is CCCn1cc(C(N)CC2(OC)CCC2)cn1. The summed E-state index contributed by atoms with van der Waals surface area (Å²) in [6, 6.07) is 0.0425. The van der Waals surface area contributed by atoms with Crippen LogP contribution in [-0.4, -0.2) is 22.5 Å². The van der Waals surface area contributed by atoms with E-state index in [0.29, 0.717) is 0 Å². The summed E-state index contributed by atoms with van der Waals surface area (Å²) in [5.41, 5.74) is 7.40. The molecule has 1 saturated carbocycles. The highest BCUT2D eigenvalue weighted by Gasteiger charge is 2.38. The quantitative estimate of drug-likeness (QED) is 0.825. The van der Waals surface area contributed by atoms with Gasteiger partial charge in [0.1, 0.15) is 0 Å². The molecular weight excluding hydrogens is 214 g/mol. The fraction of sp³-hybridized carbons (Fsp3) is 0.769. The van der Waals surface area contributed by atoms with Crippen LogP contribution in [-0.2, 0) is 11.3 Å². The van der Waals surface area contributed by atoms with E-state index in [-0.39, 0.29) is 11.6 Å². The molecule has 17 heavy (non-hydrogen) atoms. The number of ether oxygens (including phenoxy) is 1. The molecule has 0 amide bonds. The zero-order chi connectivity index (χ0) is 12.3. The third kappa shape index (κ3) is 2.69. The topological polar surface area (TPSA) is 53.1 Å². The van der Waals surface area contributed by atoms with Crippen molar-refractivity contribution in [3.8, 4) is 0 Å². The molecule has 2 N–H and O–H groups in total. The summed E-state index contributed by atoms with van der Waals surface area (Å²) in [4.78, 5) is 0. The number of nitrogens with two attached hydrogens (primary N) is 1. The van der Waals surface area contributed by atoms with Gasteiger partial charge in [0.25, 0.3) is 0 Å². The minimum atomic E-state index is 0.0340. The Bertz CT molecular complexity index is 352. The molecule has 96 valence electrons. The van der Waals surface area contributed by atoms with E-state index in [2.05, 4.69) is 18.2 Å². The van der Waals surface area contributed by atoms with Crippen LogP contribution in [0.3, 0.4) is 0 Å². The number of hydrogen-bond donors (Lipinski definition) is 1. The molecule has 2 rings (SSSR count). The van der Waals surface area contributed by atoms with E-state index in [9.17, 15) is 0 Å². The molecule has 1 aromatic rings. The molecule has 1 unspecified atom stereocenters. The Morgan fingerprint density at radius 3 is 2.88 bits per heavy atom. The van der Waals surface area contributed by atoms with Crippen molar-refractivity contribution in [3.63, 3.8) is 0 Å². The maximum atomic E-state index is 6.24. The zero-order valence-electron chi connectivity index (χ0n) is 10.9. The van der Waals surface area contributed by atoms with Crippen LogP contribution in [0.1, 0.15) is 50.6 Å². The number of rotatable bonds is 6. The summed E-state index contributed by atoms with van der Waals surface area (Å²) < 4.78 is 7.58. The Hall–Kier alpha value is -0.870. The highest BCUT2D eigenvalue weighted by Crippen LogP contribution is 2.41. The number of nitrogens with zero attached hydrogens (tertiary/aromatic N) is 2. The molecule has 0 radical (unpaired) electrons. The van der Waals surface area contributed by atoms with Crippen molar-refractivity contribution in [1.82, 2.24) is 9.78 Å². The second-order valence-electron chi connectivity index (χ2n) is 5.09. The highest BCUT2D eigenvalue weighted by atomic mass is 16.5. The van der Waals surface area contributed by atoms with Crippen LogP contribution in [0.4, 0.5) is 0 Å². The molecule has 1 aliphatic rings. The standard InChI is InChI=1S/C13H23N3O/c1-3-7-16-10-11(9-15-16)12(14)8-13(17-2)5-4-6-13/h9-10,12H,3-8,14H2,1-2H3. The average Bonchev–Trinajstić information content (AvgIpc) is 2.72. The Labute approximate surface area is 103 Å². The van der Waals surface area contributed by atoms with Gasteiger partial charge in [-0.3, -0.25) is 4.68 Å². The number of aromatic nitrogens is 2. The molecule has 0 aromatic carbocycles. The van der Waals surface area contributed by atoms with E-state index in [1.807, 2.05) is 10.9 Å². The first-order chi connectivity index (χ1) is 8.19. The van der Waals surface area contributed by atoms with Gasteiger partial charge in [-0.2, -0.15) is 5.10 Å². The van der Waals surface area contributed by atoms with Crippen molar-refractivity contribution in [3.05, 3.63) is 18.0 Å². The molecule has 0 aliphatic heterocycles. The second kappa shape index (κ2) is 5.19. The fourth-order valence-corrected chi connectivity index (χ4v) is 2.50. The molecule has 0 bridgehead atoms. The Balaban J connectivity index is 1.96. The average molecular weight is 237 g/mol. The van der Waals surface area contributed by atoms with Crippen LogP contribution < -0.4 is 5.73 Å². The first-order valence-corrected chi connectivity index (χ1v) is 6.52. The summed E-state index contributed by atoms with van der Waals surface area (Å²) in [6.07, 6.45) is 9.49. The number of hydrogen-bond acceptors (Lipinski definition) is 3. The maximum absolute atomic E-state index is 6.24. The first-order valence-electron chi connectivity index (χ1n) is 6.52. The molecule has 1 heterocycles. The van der Waals surface area contributed by atoms with Gasteiger partial charge in [-0.25, -0.2) is 0 Å². The molecule has 0 spiro atoms. The van der Waals surface area contributed by atoms with Gasteiger partial charge in [-0.05, 0) is 32.1 Å². The Morgan fingerprint density at radius 2 is 2.35 bits per heavy atom. The number of aryl methyl sites for hydroxylation is 1. The van der Waals surface area contributed by atoms with Crippen molar-refractivity contribution >= 4 is 0 Å². The van der Waals surface area contributed by atoms with Crippen LogP contribution in [0.2, 0.25) is 0 Å². The lowest BCUT2D eigenvalue weighted by molar-refractivity contribution is -0.0817. The highest BCUT2D eigenvalue weighted by molar-refractivity contribution is 5.11. The third-order valence-corrected chi connectivity index (χ3v) is 3.82. The van der Waals surface area contributed by atoms with Gasteiger partial charge in [-0.15, -0.1) is 0 Å². The van der Waals surface area contributed by atoms with Crippen LogP contribution in [0.25, 0.3) is 0 Å². The molecule has 1 fully saturated rings. The van der Waals surface area contributed by atoms with E-state index in [1.165, 1.54) is 6.42 Å². The van der Waals surface area contributed by atoms with Crippen molar-refractivity contribution in [2.75, 3.05) is 7.11 Å². The predicted octanol–water partition coefficient (Wildman–Crippen LogP) is 2.25. The molecular formula is C13H23N3O. The maximum Gasteiger partial charge on any atom is 0.0696 e. The van der Waals surface area contributed by atoms with Gasteiger partial charge < -0.3 is 10.5 Å². The van der Waals surface area contributed by atoms with Gasteiger partial charge in [0.15, 0.2) is 0 Å². The third-order valence-electron chi connectivity index (χ3n) is 3.82. The minimum absolute atomic E-state index is 0.0340. The smallest absolute Gasteiger partial charge is 0.0696 e. The number of methoxy groups -OCH3 is 1. The van der Waals surface area contributed by atoms with Crippen LogP contribution in [0, 0.1) is 0 Å². The van der Waals surface area contributed by atoms with E-state index < -0.39 is 0 Å². The molecule has 1 aromatic heterocycles. The lowest BCUT2D eigenvalue weighted by atomic mass is 9.75. The van der Waals surface area contributed by atoms with Crippen molar-refractivity contribution in [2.24, 2.45) is 5.73 Å². The zero-order valence-corrected chi connectivity index (χ0v) is 10.9. The van der Waals surface area contributed by atoms with Crippen LogP contribution in [0.15, 0.2) is 12.4 Å². The Morgan fingerprint density at radius 1 is 1.59 bits per heavy atom. The Kier molecular flexibility index (Phi) is 3.84. The van der Waals surface area contributed by atoms with Gasteiger partial charge >= 0.3 is 0 Å². The molecule has 1 aliphatic carbocycles. The lowest BCUT2D eigenvalue weighted by Gasteiger charge is -2.42. The van der Waals surface area contributed by atoms with E-state index >= 15 is 0 Å². The van der Waals surface area contributed by atoms with Crippen LogP contribution >= 0.6 is 0 Å². The first kappa shape index (κ1) is 12.6. The van der Waals surface area contributed by atoms with Gasteiger partial charge in [0, 0.05) is 31.5 Å². The van der Waals surface area contributed by atoms with Gasteiger partial charge in [0.2, 0.25) is 0 Å². The molecule has 1 atom stereocenters.